The normalized spacial score (nSPS) is 20.9. The number of rotatable bonds is 5. The van der Waals surface area contributed by atoms with Gasteiger partial charge in [0.25, 0.3) is 0 Å². The molecular formula is C18H27ClO. The third-order valence-corrected chi connectivity index (χ3v) is 4.90. The highest BCUT2D eigenvalue weighted by atomic mass is 35.5. The van der Waals surface area contributed by atoms with E-state index >= 15 is 0 Å². The van der Waals surface area contributed by atoms with E-state index in [-0.39, 0.29) is 11.5 Å². The highest BCUT2D eigenvalue weighted by molar-refractivity contribution is 6.21. The lowest BCUT2D eigenvalue weighted by molar-refractivity contribution is 0.0133. The molecule has 0 aliphatic carbocycles. The van der Waals surface area contributed by atoms with Gasteiger partial charge in [-0.1, -0.05) is 32.9 Å². The molecule has 0 N–H and O–H groups in total. The first kappa shape index (κ1) is 15.9. The average Bonchev–Trinajstić information content (AvgIpc) is 2.53. The monoisotopic (exact) mass is 294 g/mol. The van der Waals surface area contributed by atoms with Crippen LogP contribution >= 0.6 is 11.6 Å². The van der Waals surface area contributed by atoms with Crippen molar-refractivity contribution in [2.75, 3.05) is 6.61 Å². The van der Waals surface area contributed by atoms with Crippen LogP contribution in [0.5, 0.6) is 0 Å². The maximum atomic E-state index is 6.82. The molecule has 1 heterocycles. The van der Waals surface area contributed by atoms with Gasteiger partial charge in [-0.2, -0.15) is 0 Å². The number of benzene rings is 1. The zero-order valence-corrected chi connectivity index (χ0v) is 13.8. The molecular weight excluding hydrogens is 268 g/mol. The molecule has 0 aromatic heterocycles. The van der Waals surface area contributed by atoms with Crippen molar-refractivity contribution in [3.8, 4) is 0 Å². The summed E-state index contributed by atoms with van der Waals surface area (Å²) in [5, 5.41) is 0.00565. The lowest BCUT2D eigenvalue weighted by atomic mass is 9.88. The topological polar surface area (TPSA) is 9.23 Å². The van der Waals surface area contributed by atoms with Crippen LogP contribution < -0.4 is 0 Å². The maximum absolute atomic E-state index is 6.82. The molecule has 0 amide bonds. The van der Waals surface area contributed by atoms with Gasteiger partial charge in [0.15, 0.2) is 0 Å². The summed E-state index contributed by atoms with van der Waals surface area (Å²) >= 11 is 6.82. The van der Waals surface area contributed by atoms with Gasteiger partial charge in [-0.25, -0.2) is 0 Å². The van der Waals surface area contributed by atoms with Crippen LogP contribution in [0.25, 0.3) is 0 Å². The Balaban J connectivity index is 2.36. The second-order valence-corrected chi connectivity index (χ2v) is 6.17. The largest absolute Gasteiger partial charge is 0.376 e. The Bertz CT molecular complexity index is 410. The van der Waals surface area contributed by atoms with Gasteiger partial charge in [0.2, 0.25) is 0 Å². The van der Waals surface area contributed by atoms with Crippen LogP contribution in [0.15, 0.2) is 12.1 Å². The van der Waals surface area contributed by atoms with Crippen LogP contribution in [0.3, 0.4) is 0 Å². The first-order chi connectivity index (χ1) is 9.71. The number of hydrogen-bond donors (Lipinski definition) is 0. The fourth-order valence-electron chi connectivity index (χ4n) is 3.18. The minimum atomic E-state index is 0.00565. The van der Waals surface area contributed by atoms with Gasteiger partial charge in [0, 0.05) is 6.61 Å². The van der Waals surface area contributed by atoms with Crippen molar-refractivity contribution in [2.45, 2.75) is 70.8 Å². The predicted octanol–water partition coefficient (Wildman–Crippen LogP) is 5.22. The van der Waals surface area contributed by atoms with Gasteiger partial charge in [0.1, 0.15) is 0 Å². The molecule has 0 bridgehead atoms. The zero-order chi connectivity index (χ0) is 14.5. The lowest BCUT2D eigenvalue weighted by Crippen LogP contribution is -2.25. The van der Waals surface area contributed by atoms with Crippen molar-refractivity contribution in [3.05, 3.63) is 34.4 Å². The summed E-state index contributed by atoms with van der Waals surface area (Å²) in [6.07, 6.45) is 6.88. The molecule has 2 heteroatoms. The second kappa shape index (κ2) is 7.47. The van der Waals surface area contributed by atoms with E-state index in [4.69, 9.17) is 16.3 Å². The van der Waals surface area contributed by atoms with Crippen LogP contribution in [0, 0.1) is 0 Å². The van der Waals surface area contributed by atoms with Crippen molar-refractivity contribution in [1.82, 2.24) is 0 Å². The molecule has 1 saturated heterocycles. The minimum absolute atomic E-state index is 0.00565. The van der Waals surface area contributed by atoms with Crippen LogP contribution in [-0.2, 0) is 24.0 Å². The zero-order valence-electron chi connectivity index (χ0n) is 13.0. The van der Waals surface area contributed by atoms with Crippen LogP contribution in [-0.4, -0.2) is 12.7 Å². The Morgan fingerprint density at radius 2 is 1.75 bits per heavy atom. The van der Waals surface area contributed by atoms with Gasteiger partial charge >= 0.3 is 0 Å². The summed E-state index contributed by atoms with van der Waals surface area (Å²) in [7, 11) is 0. The van der Waals surface area contributed by atoms with Crippen LogP contribution in [0.1, 0.15) is 67.7 Å². The molecule has 1 aliphatic heterocycles. The van der Waals surface area contributed by atoms with Gasteiger partial charge in [-0.15, -0.1) is 11.6 Å². The average molecular weight is 295 g/mol. The first-order valence-corrected chi connectivity index (χ1v) is 8.55. The highest BCUT2D eigenvalue weighted by Gasteiger charge is 2.27. The SMILES string of the molecule is CCc1cc(CC)c(C(Cl)C2CCCCO2)c(CC)c1. The molecule has 112 valence electrons. The second-order valence-electron chi connectivity index (χ2n) is 5.70. The summed E-state index contributed by atoms with van der Waals surface area (Å²) in [5.41, 5.74) is 5.60. The maximum Gasteiger partial charge on any atom is 0.0852 e. The summed E-state index contributed by atoms with van der Waals surface area (Å²) in [5.74, 6) is 0. The van der Waals surface area contributed by atoms with E-state index < -0.39 is 0 Å². The van der Waals surface area contributed by atoms with Crippen LogP contribution in [0.4, 0.5) is 0 Å². The van der Waals surface area contributed by atoms with Crippen molar-refractivity contribution in [3.63, 3.8) is 0 Å². The fourth-order valence-corrected chi connectivity index (χ4v) is 3.66. The van der Waals surface area contributed by atoms with E-state index in [1.807, 2.05) is 0 Å². The van der Waals surface area contributed by atoms with Crippen molar-refractivity contribution < 1.29 is 4.74 Å². The molecule has 1 aromatic rings. The van der Waals surface area contributed by atoms with Crippen molar-refractivity contribution in [2.24, 2.45) is 0 Å². The molecule has 2 atom stereocenters. The molecule has 1 fully saturated rings. The number of alkyl halides is 1. The van der Waals surface area contributed by atoms with Crippen molar-refractivity contribution >= 4 is 11.6 Å². The lowest BCUT2D eigenvalue weighted by Gasteiger charge is -2.29. The van der Waals surface area contributed by atoms with E-state index in [2.05, 4.69) is 32.9 Å². The van der Waals surface area contributed by atoms with Crippen molar-refractivity contribution in [1.29, 1.82) is 0 Å². The van der Waals surface area contributed by atoms with Gasteiger partial charge < -0.3 is 4.74 Å². The number of hydrogen-bond acceptors (Lipinski definition) is 1. The predicted molar refractivity (Wildman–Crippen MR) is 86.8 cm³/mol. The van der Waals surface area contributed by atoms with E-state index in [0.29, 0.717) is 0 Å². The van der Waals surface area contributed by atoms with Gasteiger partial charge in [-0.3, -0.25) is 0 Å². The fraction of sp³-hybridized carbons (Fsp3) is 0.667. The Hall–Kier alpha value is -0.530. The molecule has 0 radical (unpaired) electrons. The molecule has 2 rings (SSSR count). The standard InChI is InChI=1S/C18H27ClO/c1-4-13-11-14(5-2)17(15(6-3)12-13)18(19)16-9-7-8-10-20-16/h11-12,16,18H,4-10H2,1-3H3. The number of aryl methyl sites for hydroxylation is 3. The summed E-state index contributed by atoms with van der Waals surface area (Å²) in [6.45, 7) is 7.53. The van der Waals surface area contributed by atoms with E-state index in [0.717, 1.165) is 32.3 Å². The van der Waals surface area contributed by atoms with Gasteiger partial charge in [-0.05, 0) is 60.8 Å². The Morgan fingerprint density at radius 1 is 1.10 bits per heavy atom. The third kappa shape index (κ3) is 3.38. The third-order valence-electron chi connectivity index (χ3n) is 4.40. The van der Waals surface area contributed by atoms with Crippen LogP contribution in [0.2, 0.25) is 0 Å². The number of halogens is 1. The summed E-state index contributed by atoms with van der Waals surface area (Å²) < 4.78 is 5.92. The Morgan fingerprint density at radius 3 is 2.20 bits per heavy atom. The quantitative estimate of drug-likeness (QED) is 0.676. The van der Waals surface area contributed by atoms with E-state index in [1.54, 1.807) is 0 Å². The first-order valence-electron chi connectivity index (χ1n) is 8.11. The summed E-state index contributed by atoms with van der Waals surface area (Å²) in [6, 6.07) is 4.68. The van der Waals surface area contributed by atoms with E-state index in [1.165, 1.54) is 35.1 Å². The molecule has 1 nitrogen and oxygen atoms in total. The minimum Gasteiger partial charge on any atom is -0.376 e. The Kier molecular flexibility index (Phi) is 5.92. The molecule has 1 aromatic carbocycles. The molecule has 2 unspecified atom stereocenters. The molecule has 0 spiro atoms. The smallest absolute Gasteiger partial charge is 0.0852 e. The molecule has 20 heavy (non-hydrogen) atoms. The molecule has 1 aliphatic rings. The van der Waals surface area contributed by atoms with E-state index in [9.17, 15) is 0 Å². The van der Waals surface area contributed by atoms with Gasteiger partial charge in [0.05, 0.1) is 11.5 Å². The highest BCUT2D eigenvalue weighted by Crippen LogP contribution is 2.37. The number of ether oxygens (including phenoxy) is 1. The Labute approximate surface area is 128 Å². The summed E-state index contributed by atoms with van der Waals surface area (Å²) in [4.78, 5) is 0. The molecule has 0 saturated carbocycles.